The largest absolute Gasteiger partial charge is 0.495 e. The van der Waals surface area contributed by atoms with Gasteiger partial charge in [-0.25, -0.2) is 4.98 Å². The number of guanidine groups is 1. The number of halogens is 1. The summed E-state index contributed by atoms with van der Waals surface area (Å²) >= 11 is 7.68. The molecule has 3 N–H and O–H groups in total. The SMILES string of the molecule is COc1ccc(NC(N)=NCC(C)c2nccs2)cc1Cl. The van der Waals surface area contributed by atoms with Crippen molar-refractivity contribution in [3.05, 3.63) is 39.8 Å². The summed E-state index contributed by atoms with van der Waals surface area (Å²) in [4.78, 5) is 8.59. The van der Waals surface area contributed by atoms with Crippen LogP contribution in [0, 0.1) is 0 Å². The van der Waals surface area contributed by atoms with Gasteiger partial charge in [-0.15, -0.1) is 11.3 Å². The normalized spacial score (nSPS) is 13.0. The summed E-state index contributed by atoms with van der Waals surface area (Å²) in [7, 11) is 1.57. The number of nitrogens with zero attached hydrogens (tertiary/aromatic N) is 2. The molecule has 0 spiro atoms. The van der Waals surface area contributed by atoms with Crippen molar-refractivity contribution in [1.82, 2.24) is 4.98 Å². The average molecular weight is 325 g/mol. The Morgan fingerprint density at radius 1 is 1.57 bits per heavy atom. The molecule has 0 saturated heterocycles. The van der Waals surface area contributed by atoms with E-state index < -0.39 is 0 Å². The number of anilines is 1. The van der Waals surface area contributed by atoms with Gasteiger partial charge >= 0.3 is 0 Å². The molecule has 2 rings (SSSR count). The van der Waals surface area contributed by atoms with Crippen molar-refractivity contribution >= 4 is 34.6 Å². The van der Waals surface area contributed by atoms with E-state index in [0.29, 0.717) is 23.3 Å². The molecule has 7 heteroatoms. The molecular formula is C14H17ClN4OS. The molecule has 0 bridgehead atoms. The zero-order valence-electron chi connectivity index (χ0n) is 11.8. The van der Waals surface area contributed by atoms with Crippen molar-refractivity contribution < 1.29 is 4.74 Å². The van der Waals surface area contributed by atoms with Crippen LogP contribution in [0.3, 0.4) is 0 Å². The molecule has 1 aromatic heterocycles. The number of hydrogen-bond acceptors (Lipinski definition) is 4. The molecular weight excluding hydrogens is 308 g/mol. The van der Waals surface area contributed by atoms with E-state index >= 15 is 0 Å². The summed E-state index contributed by atoms with van der Waals surface area (Å²) < 4.78 is 5.10. The maximum absolute atomic E-state index is 6.06. The van der Waals surface area contributed by atoms with Gasteiger partial charge < -0.3 is 15.8 Å². The molecule has 21 heavy (non-hydrogen) atoms. The second-order valence-corrected chi connectivity index (χ2v) is 5.80. The van der Waals surface area contributed by atoms with Crippen LogP contribution in [0.4, 0.5) is 5.69 Å². The lowest BCUT2D eigenvalue weighted by Crippen LogP contribution is -2.23. The highest BCUT2D eigenvalue weighted by Crippen LogP contribution is 2.27. The quantitative estimate of drug-likeness (QED) is 0.653. The monoisotopic (exact) mass is 324 g/mol. The maximum Gasteiger partial charge on any atom is 0.193 e. The maximum atomic E-state index is 6.06. The minimum absolute atomic E-state index is 0.241. The Hall–Kier alpha value is -1.79. The fourth-order valence-corrected chi connectivity index (χ4v) is 2.67. The van der Waals surface area contributed by atoms with E-state index in [0.717, 1.165) is 10.7 Å². The zero-order chi connectivity index (χ0) is 15.2. The molecule has 1 heterocycles. The van der Waals surface area contributed by atoms with Crippen LogP contribution >= 0.6 is 22.9 Å². The van der Waals surface area contributed by atoms with Crippen molar-refractivity contribution in [3.8, 4) is 5.75 Å². The Bertz CT molecular complexity index is 615. The number of thiazole rings is 1. The van der Waals surface area contributed by atoms with E-state index in [1.54, 1.807) is 36.8 Å². The molecule has 112 valence electrons. The van der Waals surface area contributed by atoms with Gasteiger partial charge in [-0.3, -0.25) is 4.99 Å². The van der Waals surface area contributed by atoms with Gasteiger partial charge in [-0.05, 0) is 18.2 Å². The van der Waals surface area contributed by atoms with Crippen LogP contribution in [0.5, 0.6) is 5.75 Å². The lowest BCUT2D eigenvalue weighted by Gasteiger charge is -2.09. The van der Waals surface area contributed by atoms with Gasteiger partial charge in [0, 0.05) is 23.2 Å². The van der Waals surface area contributed by atoms with E-state index in [2.05, 4.69) is 22.2 Å². The van der Waals surface area contributed by atoms with Gasteiger partial charge in [0.05, 0.1) is 23.7 Å². The minimum Gasteiger partial charge on any atom is -0.495 e. The topological polar surface area (TPSA) is 72.5 Å². The minimum atomic E-state index is 0.241. The van der Waals surface area contributed by atoms with Crippen LogP contribution in [0.15, 0.2) is 34.8 Å². The van der Waals surface area contributed by atoms with Gasteiger partial charge in [0.15, 0.2) is 5.96 Å². The first-order valence-electron chi connectivity index (χ1n) is 6.40. The number of aliphatic imine (C=N–C) groups is 1. The summed E-state index contributed by atoms with van der Waals surface area (Å²) in [5.74, 6) is 1.21. The number of rotatable bonds is 5. The average Bonchev–Trinajstić information content (AvgIpc) is 2.99. The van der Waals surface area contributed by atoms with E-state index in [-0.39, 0.29) is 5.92 Å². The third-order valence-electron chi connectivity index (χ3n) is 2.83. The summed E-state index contributed by atoms with van der Waals surface area (Å²) in [6, 6.07) is 5.35. The van der Waals surface area contributed by atoms with Gasteiger partial charge in [-0.2, -0.15) is 0 Å². The lowest BCUT2D eigenvalue weighted by atomic mass is 10.2. The van der Waals surface area contributed by atoms with Crippen LogP contribution in [-0.2, 0) is 0 Å². The lowest BCUT2D eigenvalue weighted by molar-refractivity contribution is 0.415. The highest BCUT2D eigenvalue weighted by molar-refractivity contribution is 7.09. The smallest absolute Gasteiger partial charge is 0.193 e. The van der Waals surface area contributed by atoms with Crippen LogP contribution < -0.4 is 15.8 Å². The van der Waals surface area contributed by atoms with Crippen molar-refractivity contribution in [2.45, 2.75) is 12.8 Å². The molecule has 1 aromatic carbocycles. The van der Waals surface area contributed by atoms with Gasteiger partial charge in [0.25, 0.3) is 0 Å². The van der Waals surface area contributed by atoms with Gasteiger partial charge in [-0.1, -0.05) is 18.5 Å². The molecule has 0 radical (unpaired) electrons. The molecule has 0 saturated carbocycles. The third kappa shape index (κ3) is 4.34. The Labute approximate surface area is 132 Å². The molecule has 1 atom stereocenters. The molecule has 1 unspecified atom stereocenters. The molecule has 0 aliphatic heterocycles. The Morgan fingerprint density at radius 2 is 2.38 bits per heavy atom. The number of hydrogen-bond donors (Lipinski definition) is 2. The number of ether oxygens (including phenoxy) is 1. The number of methoxy groups -OCH3 is 1. The van der Waals surface area contributed by atoms with Gasteiger partial charge in [0.1, 0.15) is 5.75 Å². The van der Waals surface area contributed by atoms with E-state index in [4.69, 9.17) is 22.1 Å². The summed E-state index contributed by atoms with van der Waals surface area (Å²) in [5.41, 5.74) is 6.64. The predicted molar refractivity (Wildman–Crippen MR) is 88.6 cm³/mol. The highest BCUT2D eigenvalue weighted by Gasteiger charge is 2.07. The summed E-state index contributed by atoms with van der Waals surface area (Å²) in [6.07, 6.45) is 1.79. The number of aromatic nitrogens is 1. The van der Waals surface area contributed by atoms with E-state index in [9.17, 15) is 0 Å². The second kappa shape index (κ2) is 7.28. The Morgan fingerprint density at radius 3 is 3.00 bits per heavy atom. The summed E-state index contributed by atoms with van der Waals surface area (Å²) in [5, 5.41) is 6.53. The number of benzene rings is 1. The van der Waals surface area contributed by atoms with Crippen molar-refractivity contribution in [2.24, 2.45) is 10.7 Å². The fourth-order valence-electron chi connectivity index (χ4n) is 1.72. The van der Waals surface area contributed by atoms with Crippen LogP contribution in [0.1, 0.15) is 17.8 Å². The van der Waals surface area contributed by atoms with Gasteiger partial charge in [0.2, 0.25) is 0 Å². The first kappa shape index (κ1) is 15.6. The molecule has 0 aliphatic rings. The first-order valence-corrected chi connectivity index (χ1v) is 7.65. The summed E-state index contributed by atoms with van der Waals surface area (Å²) in [6.45, 7) is 2.65. The molecule has 5 nitrogen and oxygen atoms in total. The fraction of sp³-hybridized carbons (Fsp3) is 0.286. The standard InChI is InChI=1S/C14H17ClN4OS/c1-9(13-17-5-6-21-13)8-18-14(16)19-10-3-4-12(20-2)11(15)7-10/h3-7,9H,8H2,1-2H3,(H3,16,18,19). The molecule has 2 aromatic rings. The van der Waals surface area contributed by atoms with Crippen LogP contribution in [0.25, 0.3) is 0 Å². The van der Waals surface area contributed by atoms with Crippen LogP contribution in [-0.4, -0.2) is 24.6 Å². The zero-order valence-corrected chi connectivity index (χ0v) is 13.4. The van der Waals surface area contributed by atoms with Crippen molar-refractivity contribution in [1.29, 1.82) is 0 Å². The Kier molecular flexibility index (Phi) is 5.41. The number of nitrogens with one attached hydrogen (secondary N) is 1. The third-order valence-corrected chi connectivity index (χ3v) is 4.14. The number of nitrogens with two attached hydrogens (primary N) is 1. The molecule has 0 aliphatic carbocycles. The predicted octanol–water partition coefficient (Wildman–Crippen LogP) is 3.34. The van der Waals surface area contributed by atoms with Crippen molar-refractivity contribution in [2.75, 3.05) is 19.0 Å². The van der Waals surface area contributed by atoms with E-state index in [1.807, 2.05) is 11.4 Å². The highest BCUT2D eigenvalue weighted by atomic mass is 35.5. The van der Waals surface area contributed by atoms with E-state index in [1.165, 1.54) is 0 Å². The molecule has 0 fully saturated rings. The van der Waals surface area contributed by atoms with Crippen LogP contribution in [0.2, 0.25) is 5.02 Å². The van der Waals surface area contributed by atoms with Crippen molar-refractivity contribution in [3.63, 3.8) is 0 Å². The Balaban J connectivity index is 1.96. The second-order valence-electron chi connectivity index (χ2n) is 4.47. The first-order chi connectivity index (χ1) is 10.1. The molecule has 0 amide bonds.